The van der Waals surface area contributed by atoms with Crippen molar-refractivity contribution < 1.29 is 83.1 Å². The number of nitrogens with zero attached hydrogens (tertiary/aromatic N) is 4. The van der Waals surface area contributed by atoms with Crippen molar-refractivity contribution in [2.45, 2.75) is 196 Å². The second kappa shape index (κ2) is 34.2. The Morgan fingerprint density at radius 2 is 0.650 bits per heavy atom. The minimum atomic E-state index is -3.10. The molecule has 2 saturated carbocycles. The number of carbonyl (C=O) groups excluding carboxylic acids is 6. The summed E-state index contributed by atoms with van der Waals surface area (Å²) in [7, 11) is 3.40. The van der Waals surface area contributed by atoms with Crippen molar-refractivity contribution in [1.82, 2.24) is 19.6 Å². The summed E-state index contributed by atoms with van der Waals surface area (Å²) in [5.74, 6) is -1.35. The fraction of sp³-hybridized carbons (Fsp3) is 0.396. The number of imide groups is 2. The van der Waals surface area contributed by atoms with Crippen LogP contribution in [0.15, 0.2) is 143 Å². The monoisotopic (exact) mass is 1660 g/mol. The van der Waals surface area contributed by atoms with Gasteiger partial charge in [-0.2, -0.15) is 0 Å². The molecule has 2 aliphatic heterocycles. The van der Waals surface area contributed by atoms with Gasteiger partial charge in [-0.15, -0.1) is 0 Å². The van der Waals surface area contributed by atoms with Crippen LogP contribution in [0.1, 0.15) is 177 Å². The van der Waals surface area contributed by atoms with Gasteiger partial charge in [-0.05, 0) is 262 Å². The molecule has 0 radical (unpaired) electrons. The van der Waals surface area contributed by atoms with Gasteiger partial charge >= 0.3 is 17.6 Å². The standard InChI is InChI=1S/C96H108N4O18Si2/c1-53(2)97(65-25-19-23-63(43-65)51-119(107-13,108-14)109-15)95(105)77(45-67-27-21-29-113-67)99-91(101)73-47-79(115-69-35-55(5)31-56(6)36-69)85-87-81(117-71-39-59(9)33-60(10)40-71)49-75-84-76(94(104)100(93(75)103)78(46-68-28-22-30-114-68)96(106)98(54(3)4)66-26-20-24-64(44-66)52-120(110-16,111-17)112-18)50-82(118-72-41-61(11)34-62(12)42-72)88(90(84)87)86-80(48-74(92(99)102)83(73)89(85)86)116-70-37-57(7)32-58(8)38-70/h21-22,27-42,47-50,53-54,63-66,77-78H,19-20,23-26,43-46,51-52H2,1-18H3. The molecule has 0 saturated heterocycles. The third-order valence-electron chi connectivity index (χ3n) is 24.7. The molecule has 0 bridgehead atoms. The van der Waals surface area contributed by atoms with Crippen molar-refractivity contribution in [2.75, 3.05) is 42.7 Å². The number of rotatable bonds is 30. The van der Waals surface area contributed by atoms with Crippen LogP contribution in [0.25, 0.3) is 43.1 Å². The second-order valence-corrected chi connectivity index (χ2v) is 40.0. The van der Waals surface area contributed by atoms with Gasteiger partial charge in [0.2, 0.25) is 11.8 Å². The molecule has 6 amide bonds. The van der Waals surface area contributed by atoms with Crippen LogP contribution in [-0.2, 0) is 49.0 Å². The van der Waals surface area contributed by atoms with E-state index in [1.807, 2.05) is 166 Å². The normalized spacial score (nSPS) is 17.7. The van der Waals surface area contributed by atoms with Crippen molar-refractivity contribution in [3.63, 3.8) is 0 Å². The summed E-state index contributed by atoms with van der Waals surface area (Å²) in [6, 6.07) is 33.2. The molecule has 2 aliphatic carbocycles. The van der Waals surface area contributed by atoms with Crippen LogP contribution >= 0.6 is 0 Å². The van der Waals surface area contributed by atoms with E-state index in [4.69, 9.17) is 54.3 Å². The summed E-state index contributed by atoms with van der Waals surface area (Å²) in [6.07, 6.45) is 8.34. The molecule has 4 aliphatic rings. The van der Waals surface area contributed by atoms with Crippen LogP contribution in [-0.4, -0.2) is 152 Å². The molecule has 0 N–H and O–H groups in total. The number of furan rings is 2. The van der Waals surface area contributed by atoms with E-state index in [2.05, 4.69) is 0 Å². The molecule has 24 heteroatoms. The number of amides is 6. The Kier molecular flexibility index (Phi) is 24.0. The van der Waals surface area contributed by atoms with Gasteiger partial charge in [0, 0.05) is 135 Å². The highest BCUT2D eigenvalue weighted by Crippen LogP contribution is 2.59. The lowest BCUT2D eigenvalue weighted by Gasteiger charge is -2.44. The Labute approximate surface area is 703 Å². The van der Waals surface area contributed by atoms with E-state index in [-0.39, 0.29) is 92.8 Å². The van der Waals surface area contributed by atoms with Crippen LogP contribution in [0.5, 0.6) is 46.0 Å². The van der Waals surface area contributed by atoms with Crippen LogP contribution in [0, 0.1) is 67.2 Å². The molecule has 628 valence electrons. The summed E-state index contributed by atoms with van der Waals surface area (Å²) >= 11 is 0. The number of ether oxygens (including phenoxy) is 4. The fourth-order valence-corrected chi connectivity index (χ4v) is 24.0. The Balaban J connectivity index is 1.04. The Hall–Kier alpha value is -10.5. The number of aryl methyl sites for hydroxylation is 8. The Morgan fingerprint density at radius 1 is 0.383 bits per heavy atom. The smallest absolute Gasteiger partial charge is 0.469 e. The van der Waals surface area contributed by atoms with E-state index in [1.54, 1.807) is 91.2 Å². The SMILES string of the molecule is CO[Si](CC1CCCC(N(C(=O)C(Cc2ccco2)N2C(=O)c3cc(Oc4cc(C)cc(C)c4)c4c5c(Oc6cc(C)cc(C)c6)cc6c7c(cc(Oc8cc(C)cc(C)c8)c(c8c(Oc9cc(C)cc(C)c9)cc(c3c48)C2=O)c75)C(=O)N(C(Cc2ccco2)C(=O)N(C(C)C)C2CCCC(C[Si](OC)(OC)OC)C2)C6=O)C(C)C)C1)(OC)OC. The summed E-state index contributed by atoms with van der Waals surface area (Å²) in [6.45, 7) is 23.5. The Morgan fingerprint density at radius 3 is 0.883 bits per heavy atom. The fourth-order valence-electron chi connectivity index (χ4n) is 19.9. The third-order valence-corrected chi connectivity index (χ3v) is 30.5. The van der Waals surface area contributed by atoms with Crippen molar-refractivity contribution >= 4 is 96.1 Å². The maximum Gasteiger partial charge on any atom is 0.500 e. The Bertz CT molecular complexity index is 5110. The van der Waals surface area contributed by atoms with Crippen LogP contribution in [0.2, 0.25) is 12.1 Å². The van der Waals surface area contributed by atoms with Crippen LogP contribution in [0.3, 0.4) is 0 Å². The quantitative estimate of drug-likeness (QED) is 0.0176. The van der Waals surface area contributed by atoms with Gasteiger partial charge in [0.05, 0.1) is 34.8 Å². The summed E-state index contributed by atoms with van der Waals surface area (Å²) in [5, 5.41) is 2.17. The predicted octanol–water partition coefficient (Wildman–Crippen LogP) is 20.3. The number of benzene rings is 9. The molecule has 9 aromatic carbocycles. The van der Waals surface area contributed by atoms with Gasteiger partial charge < -0.3 is 64.1 Å². The molecular formula is C96H108N4O18Si2. The zero-order valence-electron chi connectivity index (χ0n) is 71.9. The largest absolute Gasteiger partial charge is 0.500 e. The minimum Gasteiger partial charge on any atom is -0.469 e. The van der Waals surface area contributed by atoms with E-state index >= 15 is 28.8 Å². The van der Waals surface area contributed by atoms with E-state index in [9.17, 15) is 0 Å². The van der Waals surface area contributed by atoms with E-state index < -0.39 is 77.2 Å². The molecule has 0 spiro atoms. The van der Waals surface area contributed by atoms with Crippen LogP contribution in [0.4, 0.5) is 0 Å². The lowest BCUT2D eigenvalue weighted by molar-refractivity contribution is -0.142. The van der Waals surface area contributed by atoms with Gasteiger partial charge in [0.1, 0.15) is 69.6 Å². The number of hydrogen-bond donors (Lipinski definition) is 0. The molecular weight excluding hydrogens is 1550 g/mol. The van der Waals surface area contributed by atoms with Gasteiger partial charge in [-0.25, -0.2) is 0 Å². The van der Waals surface area contributed by atoms with Gasteiger partial charge in [0.15, 0.2) is 0 Å². The highest BCUT2D eigenvalue weighted by Gasteiger charge is 2.52. The average molecular weight is 1660 g/mol. The summed E-state index contributed by atoms with van der Waals surface area (Å²) in [5.41, 5.74) is 6.94. The lowest BCUT2D eigenvalue weighted by Crippen LogP contribution is -2.59. The third kappa shape index (κ3) is 16.0. The maximum atomic E-state index is 17.2. The molecule has 11 aromatic rings. The van der Waals surface area contributed by atoms with Gasteiger partial charge in [-0.3, -0.25) is 38.6 Å². The van der Waals surface area contributed by atoms with Crippen molar-refractivity contribution in [3.8, 4) is 46.0 Å². The van der Waals surface area contributed by atoms with Crippen molar-refractivity contribution in [1.29, 1.82) is 0 Å². The zero-order valence-corrected chi connectivity index (χ0v) is 73.9. The first-order chi connectivity index (χ1) is 57.5. The first-order valence-electron chi connectivity index (χ1n) is 41.7. The summed E-state index contributed by atoms with van der Waals surface area (Å²) in [4.78, 5) is 108. The van der Waals surface area contributed by atoms with E-state index in [0.717, 1.165) is 80.0 Å². The van der Waals surface area contributed by atoms with E-state index in [0.29, 0.717) is 105 Å². The highest BCUT2D eigenvalue weighted by atomic mass is 28.4. The molecule has 22 nitrogen and oxygen atoms in total. The number of fused-ring (bicyclic) bond motifs is 2. The van der Waals surface area contributed by atoms with Crippen molar-refractivity contribution in [3.05, 3.63) is 212 Å². The minimum absolute atomic E-state index is 0.0120. The molecule has 2 aromatic heterocycles. The molecule has 6 atom stereocenters. The van der Waals surface area contributed by atoms with Gasteiger partial charge in [0.25, 0.3) is 23.6 Å². The highest BCUT2D eigenvalue weighted by molar-refractivity contribution is 6.61. The molecule has 4 heterocycles. The first-order valence-corrected chi connectivity index (χ1v) is 45.5. The van der Waals surface area contributed by atoms with Crippen molar-refractivity contribution in [2.24, 2.45) is 11.8 Å². The topological polar surface area (TPSA) is 234 Å². The predicted molar refractivity (Wildman–Crippen MR) is 464 cm³/mol. The molecule has 15 rings (SSSR count). The summed E-state index contributed by atoms with van der Waals surface area (Å²) < 4.78 is 78.1. The van der Waals surface area contributed by atoms with E-state index in [1.165, 1.54) is 12.5 Å². The first kappa shape index (κ1) is 84.5. The number of hydrogen-bond acceptors (Lipinski definition) is 18. The van der Waals surface area contributed by atoms with Gasteiger partial charge in [-0.1, -0.05) is 49.9 Å². The molecule has 120 heavy (non-hydrogen) atoms. The lowest BCUT2D eigenvalue weighted by atomic mass is 9.80. The average Bonchev–Trinajstić information content (AvgIpc) is 0.672. The second-order valence-electron chi connectivity index (χ2n) is 34.0. The van der Waals surface area contributed by atoms with Crippen LogP contribution < -0.4 is 18.9 Å². The zero-order chi connectivity index (χ0) is 85.2. The molecule has 6 unspecified atom stereocenters. The number of carbonyl (C=O) groups is 6. The maximum absolute atomic E-state index is 17.2. The molecule has 2 fully saturated rings.